The molecule has 1 unspecified atom stereocenters. The SMILES string of the molecule is CC(C)(C)N=NC(C)(OOC(C)(C)C)c1ccccc1. The van der Waals surface area contributed by atoms with Gasteiger partial charge in [-0.15, -0.1) is 5.11 Å². The molecule has 1 aromatic rings. The van der Waals surface area contributed by atoms with Crippen molar-refractivity contribution in [2.45, 2.75) is 65.3 Å². The molecule has 1 atom stereocenters. The lowest BCUT2D eigenvalue weighted by atomic mass is 10.1. The predicted molar refractivity (Wildman–Crippen MR) is 80.3 cm³/mol. The molecule has 1 rings (SSSR count). The maximum Gasteiger partial charge on any atom is 0.234 e. The van der Waals surface area contributed by atoms with Gasteiger partial charge in [0.15, 0.2) is 0 Å². The average molecular weight is 278 g/mol. The highest BCUT2D eigenvalue weighted by atomic mass is 17.2. The molecule has 0 radical (unpaired) electrons. The van der Waals surface area contributed by atoms with Crippen molar-refractivity contribution in [3.8, 4) is 0 Å². The van der Waals surface area contributed by atoms with E-state index in [1.807, 2.05) is 78.8 Å². The molecule has 0 aliphatic carbocycles. The first-order chi connectivity index (χ1) is 9.02. The predicted octanol–water partition coefficient (Wildman–Crippen LogP) is 4.86. The van der Waals surface area contributed by atoms with Crippen LogP contribution in [0, 0.1) is 0 Å². The summed E-state index contributed by atoms with van der Waals surface area (Å²) in [5.41, 5.74) is -0.728. The fourth-order valence-electron chi connectivity index (χ4n) is 1.32. The summed E-state index contributed by atoms with van der Waals surface area (Å²) >= 11 is 0. The highest BCUT2D eigenvalue weighted by Crippen LogP contribution is 2.30. The first kappa shape index (κ1) is 16.8. The molecule has 1 aromatic carbocycles. The molecule has 0 saturated heterocycles. The summed E-state index contributed by atoms with van der Waals surface area (Å²) in [6, 6.07) is 9.75. The van der Waals surface area contributed by atoms with Crippen LogP contribution in [0.3, 0.4) is 0 Å². The molecule has 0 aromatic heterocycles. The third-order valence-corrected chi connectivity index (χ3v) is 2.30. The Morgan fingerprint density at radius 1 is 0.750 bits per heavy atom. The zero-order valence-corrected chi connectivity index (χ0v) is 13.6. The number of nitrogens with zero attached hydrogens (tertiary/aromatic N) is 2. The topological polar surface area (TPSA) is 43.2 Å². The zero-order chi connectivity index (χ0) is 15.4. The second-order valence-electron chi connectivity index (χ2n) is 7.00. The second-order valence-corrected chi connectivity index (χ2v) is 7.00. The molecular weight excluding hydrogens is 252 g/mol. The monoisotopic (exact) mass is 278 g/mol. The minimum absolute atomic E-state index is 0.263. The van der Waals surface area contributed by atoms with E-state index in [2.05, 4.69) is 10.2 Å². The van der Waals surface area contributed by atoms with Crippen LogP contribution < -0.4 is 0 Å². The largest absolute Gasteiger partial charge is 0.234 e. The van der Waals surface area contributed by atoms with E-state index in [1.165, 1.54) is 0 Å². The first-order valence-electron chi connectivity index (χ1n) is 6.88. The van der Waals surface area contributed by atoms with E-state index in [9.17, 15) is 0 Å². The minimum Gasteiger partial charge on any atom is -0.228 e. The molecule has 4 heteroatoms. The first-order valence-corrected chi connectivity index (χ1v) is 6.88. The lowest BCUT2D eigenvalue weighted by molar-refractivity contribution is -0.405. The maximum atomic E-state index is 5.62. The normalized spacial score (nSPS) is 16.4. The van der Waals surface area contributed by atoms with E-state index in [0.717, 1.165) is 5.56 Å². The van der Waals surface area contributed by atoms with Gasteiger partial charge >= 0.3 is 0 Å². The number of hydrogen-bond donors (Lipinski definition) is 0. The lowest BCUT2D eigenvalue weighted by Crippen LogP contribution is -2.30. The van der Waals surface area contributed by atoms with E-state index in [1.54, 1.807) is 0 Å². The minimum atomic E-state index is -0.957. The second kappa shape index (κ2) is 6.02. The molecule has 0 bridgehead atoms. The maximum absolute atomic E-state index is 5.62. The van der Waals surface area contributed by atoms with E-state index in [-0.39, 0.29) is 5.54 Å². The summed E-state index contributed by atoms with van der Waals surface area (Å²) in [5.74, 6) is 0. The van der Waals surface area contributed by atoms with Gasteiger partial charge in [0, 0.05) is 5.56 Å². The van der Waals surface area contributed by atoms with Crippen LogP contribution in [0.5, 0.6) is 0 Å². The van der Waals surface area contributed by atoms with E-state index in [0.29, 0.717) is 0 Å². The van der Waals surface area contributed by atoms with Gasteiger partial charge in [-0.2, -0.15) is 10.0 Å². The van der Waals surface area contributed by atoms with Crippen molar-refractivity contribution in [3.05, 3.63) is 35.9 Å². The molecule has 0 heterocycles. The standard InChI is InChI=1S/C16H26N2O2/c1-14(2,3)17-18-16(7,20-19-15(4,5)6)13-11-9-8-10-12-13/h8-12H,1-7H3. The van der Waals surface area contributed by atoms with Crippen molar-refractivity contribution in [3.63, 3.8) is 0 Å². The molecule has 0 N–H and O–H groups in total. The van der Waals surface area contributed by atoms with Crippen molar-refractivity contribution >= 4 is 0 Å². The summed E-state index contributed by atoms with van der Waals surface area (Å²) < 4.78 is 0. The van der Waals surface area contributed by atoms with Crippen molar-refractivity contribution < 1.29 is 9.78 Å². The smallest absolute Gasteiger partial charge is 0.228 e. The van der Waals surface area contributed by atoms with Crippen molar-refractivity contribution in [2.75, 3.05) is 0 Å². The molecule has 0 spiro atoms. The van der Waals surface area contributed by atoms with Gasteiger partial charge in [0.1, 0.15) is 0 Å². The third kappa shape index (κ3) is 5.80. The van der Waals surface area contributed by atoms with Crippen molar-refractivity contribution in [2.24, 2.45) is 10.2 Å². The Morgan fingerprint density at radius 2 is 1.30 bits per heavy atom. The van der Waals surface area contributed by atoms with E-state index in [4.69, 9.17) is 9.78 Å². The van der Waals surface area contributed by atoms with Gasteiger partial charge in [0.25, 0.3) is 0 Å². The zero-order valence-electron chi connectivity index (χ0n) is 13.6. The Kier molecular flexibility index (Phi) is 5.05. The molecular formula is C16H26N2O2. The Bertz CT molecular complexity index is 444. The van der Waals surface area contributed by atoms with Crippen LogP contribution in [-0.2, 0) is 15.5 Å². The van der Waals surface area contributed by atoms with Gasteiger partial charge in [-0.3, -0.25) is 0 Å². The van der Waals surface area contributed by atoms with Gasteiger partial charge in [-0.1, -0.05) is 30.3 Å². The molecule has 0 saturated carbocycles. The fraction of sp³-hybridized carbons (Fsp3) is 0.625. The molecule has 0 aliphatic heterocycles. The number of hydrogen-bond acceptors (Lipinski definition) is 4. The van der Waals surface area contributed by atoms with Crippen LogP contribution in [-0.4, -0.2) is 11.1 Å². The summed E-state index contributed by atoms with van der Waals surface area (Å²) in [6.45, 7) is 13.6. The Morgan fingerprint density at radius 3 is 1.75 bits per heavy atom. The highest BCUT2D eigenvalue weighted by Gasteiger charge is 2.32. The van der Waals surface area contributed by atoms with Crippen LogP contribution in [0.4, 0.5) is 0 Å². The van der Waals surface area contributed by atoms with Crippen LogP contribution in [0.2, 0.25) is 0 Å². The van der Waals surface area contributed by atoms with Crippen LogP contribution >= 0.6 is 0 Å². The molecule has 0 aliphatic rings. The summed E-state index contributed by atoms with van der Waals surface area (Å²) in [5, 5.41) is 8.70. The van der Waals surface area contributed by atoms with Crippen LogP contribution in [0.15, 0.2) is 40.6 Å². The Labute approximate surface area is 122 Å². The number of azo groups is 1. The quantitative estimate of drug-likeness (QED) is 0.448. The van der Waals surface area contributed by atoms with Gasteiger partial charge in [0.05, 0.1) is 11.1 Å². The van der Waals surface area contributed by atoms with Crippen molar-refractivity contribution in [1.82, 2.24) is 0 Å². The van der Waals surface area contributed by atoms with Gasteiger partial charge in [-0.25, -0.2) is 4.89 Å². The molecule has 112 valence electrons. The highest BCUT2D eigenvalue weighted by molar-refractivity contribution is 5.20. The average Bonchev–Trinajstić information content (AvgIpc) is 2.33. The fourth-order valence-corrected chi connectivity index (χ4v) is 1.32. The molecule has 0 amide bonds. The summed E-state index contributed by atoms with van der Waals surface area (Å²) in [4.78, 5) is 11.1. The lowest BCUT2D eigenvalue weighted by Gasteiger charge is -2.28. The van der Waals surface area contributed by atoms with Gasteiger partial charge in [-0.05, 0) is 48.5 Å². The number of rotatable bonds is 4. The molecule has 4 nitrogen and oxygen atoms in total. The van der Waals surface area contributed by atoms with Crippen LogP contribution in [0.25, 0.3) is 0 Å². The molecule has 20 heavy (non-hydrogen) atoms. The van der Waals surface area contributed by atoms with Gasteiger partial charge in [0.2, 0.25) is 5.72 Å². The Balaban J connectivity index is 3.04. The summed E-state index contributed by atoms with van der Waals surface area (Å²) in [7, 11) is 0. The number of benzene rings is 1. The molecule has 0 fully saturated rings. The third-order valence-electron chi connectivity index (χ3n) is 2.30. The van der Waals surface area contributed by atoms with Gasteiger partial charge < -0.3 is 0 Å². The van der Waals surface area contributed by atoms with E-state index < -0.39 is 11.3 Å². The van der Waals surface area contributed by atoms with E-state index >= 15 is 0 Å². The van der Waals surface area contributed by atoms with Crippen molar-refractivity contribution in [1.29, 1.82) is 0 Å². The Hall–Kier alpha value is -1.26. The van der Waals surface area contributed by atoms with Crippen LogP contribution in [0.1, 0.15) is 54.0 Å². The summed E-state index contributed by atoms with van der Waals surface area (Å²) in [6.07, 6.45) is 0.